The zero-order valence-corrected chi connectivity index (χ0v) is 12.6. The van der Waals surface area contributed by atoms with Gasteiger partial charge in [-0.1, -0.05) is 6.92 Å². The van der Waals surface area contributed by atoms with Gasteiger partial charge in [-0.3, -0.25) is 4.79 Å². The van der Waals surface area contributed by atoms with E-state index in [0.717, 1.165) is 12.8 Å². The van der Waals surface area contributed by atoms with Crippen LogP contribution in [0.25, 0.3) is 0 Å². The van der Waals surface area contributed by atoms with Crippen LogP contribution in [0.4, 0.5) is 10.1 Å². The van der Waals surface area contributed by atoms with Gasteiger partial charge in [0, 0.05) is 22.7 Å². The molecule has 21 heavy (non-hydrogen) atoms. The minimum Gasteiger partial charge on any atom is -0.399 e. The average Bonchev–Trinajstić information content (AvgIpc) is 2.92. The second-order valence-corrected chi connectivity index (χ2v) is 6.25. The first kappa shape index (κ1) is 14.1. The zero-order chi connectivity index (χ0) is 15.0. The number of nitrogen functional groups attached to an aromatic ring is 1. The molecule has 1 atom stereocenters. The fraction of sp³-hybridized carbons (Fsp3) is 0.312. The van der Waals surface area contributed by atoms with Crippen LogP contribution in [-0.4, -0.2) is 17.4 Å². The maximum atomic E-state index is 13.5. The SMILES string of the molecule is CCC1c2ccsc2CCN1C(=O)c1cc(N)cc(F)c1. The Hall–Kier alpha value is -1.88. The fourth-order valence-corrected chi connectivity index (χ4v) is 3.91. The number of fused-ring (bicyclic) bond motifs is 1. The van der Waals surface area contributed by atoms with Gasteiger partial charge in [0.15, 0.2) is 0 Å². The number of carbonyl (C=O) groups excluding carboxylic acids is 1. The Morgan fingerprint density at radius 1 is 1.48 bits per heavy atom. The minimum atomic E-state index is -0.473. The molecular weight excluding hydrogens is 287 g/mol. The molecule has 2 heterocycles. The number of rotatable bonds is 2. The molecule has 0 radical (unpaired) electrons. The maximum absolute atomic E-state index is 13.5. The summed E-state index contributed by atoms with van der Waals surface area (Å²) in [6, 6.07) is 6.18. The average molecular weight is 304 g/mol. The van der Waals surface area contributed by atoms with E-state index < -0.39 is 5.82 Å². The van der Waals surface area contributed by atoms with E-state index in [-0.39, 0.29) is 17.6 Å². The predicted octanol–water partition coefficient (Wildman–Crippen LogP) is 3.62. The minimum absolute atomic E-state index is 0.0667. The molecule has 1 amide bonds. The Morgan fingerprint density at radius 2 is 2.29 bits per heavy atom. The lowest BCUT2D eigenvalue weighted by atomic mass is 9.97. The van der Waals surface area contributed by atoms with E-state index in [1.807, 2.05) is 4.90 Å². The molecule has 3 rings (SSSR count). The van der Waals surface area contributed by atoms with Gasteiger partial charge in [0.05, 0.1) is 6.04 Å². The summed E-state index contributed by atoms with van der Waals surface area (Å²) in [5.74, 6) is -0.621. The van der Waals surface area contributed by atoms with E-state index in [9.17, 15) is 9.18 Å². The Kier molecular flexibility index (Phi) is 3.68. The molecule has 3 nitrogen and oxygen atoms in total. The number of hydrogen-bond donors (Lipinski definition) is 1. The fourth-order valence-electron chi connectivity index (χ4n) is 2.98. The molecule has 1 unspecified atom stereocenters. The lowest BCUT2D eigenvalue weighted by Crippen LogP contribution is -2.39. The van der Waals surface area contributed by atoms with E-state index in [0.29, 0.717) is 12.1 Å². The quantitative estimate of drug-likeness (QED) is 0.861. The van der Waals surface area contributed by atoms with Crippen molar-refractivity contribution in [1.29, 1.82) is 0 Å². The molecule has 0 spiro atoms. The van der Waals surface area contributed by atoms with Crippen LogP contribution in [0.1, 0.15) is 40.2 Å². The Labute approximate surface area is 127 Å². The summed E-state index contributed by atoms with van der Waals surface area (Å²) in [7, 11) is 0. The van der Waals surface area contributed by atoms with Gasteiger partial charge in [-0.15, -0.1) is 11.3 Å². The van der Waals surface area contributed by atoms with Crippen molar-refractivity contribution in [2.75, 3.05) is 12.3 Å². The molecule has 0 bridgehead atoms. The number of halogens is 1. The van der Waals surface area contributed by atoms with E-state index in [2.05, 4.69) is 18.4 Å². The van der Waals surface area contributed by atoms with Crippen molar-refractivity contribution in [2.24, 2.45) is 0 Å². The largest absolute Gasteiger partial charge is 0.399 e. The lowest BCUT2D eigenvalue weighted by Gasteiger charge is -2.35. The molecule has 1 aliphatic rings. The molecule has 2 aromatic rings. The zero-order valence-electron chi connectivity index (χ0n) is 11.8. The number of nitrogens with two attached hydrogens (primary N) is 1. The summed E-state index contributed by atoms with van der Waals surface area (Å²) < 4.78 is 13.5. The third-order valence-electron chi connectivity index (χ3n) is 3.91. The normalized spacial score (nSPS) is 17.6. The first-order valence-electron chi connectivity index (χ1n) is 7.03. The third kappa shape index (κ3) is 2.53. The highest BCUT2D eigenvalue weighted by Gasteiger charge is 2.31. The van der Waals surface area contributed by atoms with Gasteiger partial charge in [0.1, 0.15) is 5.82 Å². The Balaban J connectivity index is 1.94. The van der Waals surface area contributed by atoms with Gasteiger partial charge in [-0.2, -0.15) is 0 Å². The molecule has 0 saturated carbocycles. The van der Waals surface area contributed by atoms with Crippen molar-refractivity contribution >= 4 is 22.9 Å². The molecular formula is C16H17FN2OS. The van der Waals surface area contributed by atoms with Crippen molar-refractivity contribution in [2.45, 2.75) is 25.8 Å². The molecule has 2 N–H and O–H groups in total. The van der Waals surface area contributed by atoms with E-state index in [4.69, 9.17) is 5.73 Å². The van der Waals surface area contributed by atoms with Crippen molar-refractivity contribution in [3.8, 4) is 0 Å². The summed E-state index contributed by atoms with van der Waals surface area (Å²) in [5.41, 5.74) is 7.47. The Morgan fingerprint density at radius 3 is 3.00 bits per heavy atom. The number of nitrogens with zero attached hydrogens (tertiary/aromatic N) is 1. The maximum Gasteiger partial charge on any atom is 0.254 e. The lowest BCUT2D eigenvalue weighted by molar-refractivity contribution is 0.0657. The monoisotopic (exact) mass is 304 g/mol. The number of amides is 1. The van der Waals surface area contributed by atoms with Crippen molar-refractivity contribution in [1.82, 2.24) is 4.90 Å². The van der Waals surface area contributed by atoms with Crippen LogP contribution in [0, 0.1) is 5.82 Å². The van der Waals surface area contributed by atoms with E-state index in [1.165, 1.54) is 22.6 Å². The molecule has 0 aliphatic carbocycles. The van der Waals surface area contributed by atoms with Crippen LogP contribution >= 0.6 is 11.3 Å². The molecule has 5 heteroatoms. The highest BCUT2D eigenvalue weighted by atomic mass is 32.1. The van der Waals surface area contributed by atoms with Crippen molar-refractivity contribution < 1.29 is 9.18 Å². The van der Waals surface area contributed by atoms with Gasteiger partial charge in [0.25, 0.3) is 5.91 Å². The highest BCUT2D eigenvalue weighted by molar-refractivity contribution is 7.10. The second-order valence-electron chi connectivity index (χ2n) is 5.24. The molecule has 0 saturated heterocycles. The van der Waals surface area contributed by atoms with E-state index in [1.54, 1.807) is 17.4 Å². The van der Waals surface area contributed by atoms with Crippen LogP contribution in [0.5, 0.6) is 0 Å². The molecule has 110 valence electrons. The van der Waals surface area contributed by atoms with Crippen molar-refractivity contribution in [3.05, 3.63) is 51.5 Å². The predicted molar refractivity (Wildman–Crippen MR) is 82.9 cm³/mol. The van der Waals surface area contributed by atoms with Crippen LogP contribution in [0.2, 0.25) is 0 Å². The van der Waals surface area contributed by atoms with Gasteiger partial charge in [-0.25, -0.2) is 4.39 Å². The van der Waals surface area contributed by atoms with Gasteiger partial charge < -0.3 is 10.6 Å². The molecule has 1 aliphatic heterocycles. The smallest absolute Gasteiger partial charge is 0.254 e. The van der Waals surface area contributed by atoms with Gasteiger partial charge in [0.2, 0.25) is 0 Å². The van der Waals surface area contributed by atoms with Crippen LogP contribution in [-0.2, 0) is 6.42 Å². The van der Waals surface area contributed by atoms with Crippen LogP contribution in [0.3, 0.4) is 0 Å². The number of benzene rings is 1. The highest BCUT2D eigenvalue weighted by Crippen LogP contribution is 2.36. The standard InChI is InChI=1S/C16H17FN2OS/c1-2-14-13-4-6-21-15(13)3-5-19(14)16(20)10-7-11(17)9-12(18)8-10/h4,6-9,14H,2-3,5,18H2,1H3. The summed E-state index contributed by atoms with van der Waals surface area (Å²) in [6.07, 6.45) is 1.71. The summed E-state index contributed by atoms with van der Waals surface area (Å²) in [5, 5.41) is 2.07. The summed E-state index contributed by atoms with van der Waals surface area (Å²) in [6.45, 7) is 2.74. The molecule has 1 aromatic carbocycles. The number of anilines is 1. The van der Waals surface area contributed by atoms with Crippen molar-refractivity contribution in [3.63, 3.8) is 0 Å². The summed E-state index contributed by atoms with van der Waals surface area (Å²) >= 11 is 1.74. The summed E-state index contributed by atoms with van der Waals surface area (Å²) in [4.78, 5) is 15.9. The first-order valence-corrected chi connectivity index (χ1v) is 7.91. The van der Waals surface area contributed by atoms with Gasteiger partial charge >= 0.3 is 0 Å². The Bertz CT molecular complexity index is 662. The molecule has 0 fully saturated rings. The van der Waals surface area contributed by atoms with Crippen LogP contribution in [0.15, 0.2) is 29.6 Å². The van der Waals surface area contributed by atoms with E-state index >= 15 is 0 Å². The first-order chi connectivity index (χ1) is 10.1. The third-order valence-corrected chi connectivity index (χ3v) is 4.91. The number of carbonyl (C=O) groups is 1. The molecule has 1 aromatic heterocycles. The van der Waals surface area contributed by atoms with Gasteiger partial charge in [-0.05, 0) is 48.1 Å². The topological polar surface area (TPSA) is 46.3 Å². The second kappa shape index (κ2) is 5.48. The van der Waals surface area contributed by atoms with Crippen LogP contribution < -0.4 is 5.73 Å². The number of hydrogen-bond acceptors (Lipinski definition) is 3. The number of thiophene rings is 1.